The molecule has 2 heterocycles. The van der Waals surface area contributed by atoms with Gasteiger partial charge in [0.25, 0.3) is 0 Å². The Labute approximate surface area is 174 Å². The van der Waals surface area contributed by atoms with Crippen LogP contribution in [0.15, 0.2) is 53.1 Å². The lowest BCUT2D eigenvalue weighted by atomic mass is 10.1. The van der Waals surface area contributed by atoms with Gasteiger partial charge in [0.15, 0.2) is 0 Å². The molecule has 3 aromatic rings. The van der Waals surface area contributed by atoms with Crippen LogP contribution in [0.3, 0.4) is 0 Å². The number of hydrogen-bond donors (Lipinski definition) is 0. The van der Waals surface area contributed by atoms with Crippen LogP contribution in [0.25, 0.3) is 11.4 Å². The minimum absolute atomic E-state index is 0.00223. The first-order valence-corrected chi connectivity index (χ1v) is 10.2. The van der Waals surface area contributed by atoms with Crippen LogP contribution >= 0.6 is 0 Å². The number of aromatic nitrogens is 2. The van der Waals surface area contributed by atoms with Gasteiger partial charge in [0.05, 0.1) is 6.61 Å². The second kappa shape index (κ2) is 9.07. The third kappa shape index (κ3) is 4.50. The summed E-state index contributed by atoms with van der Waals surface area (Å²) in [6.45, 7) is 3.12. The zero-order valence-electron chi connectivity index (χ0n) is 16.9. The molecule has 156 valence electrons. The summed E-state index contributed by atoms with van der Waals surface area (Å²) in [4.78, 5) is 18.6. The van der Waals surface area contributed by atoms with E-state index in [1.54, 1.807) is 17.0 Å². The molecule has 1 fully saturated rings. The van der Waals surface area contributed by atoms with E-state index in [-0.39, 0.29) is 17.8 Å². The molecule has 0 N–H and O–H groups in total. The highest BCUT2D eigenvalue weighted by Crippen LogP contribution is 2.34. The van der Waals surface area contributed by atoms with Crippen molar-refractivity contribution in [2.45, 2.75) is 45.2 Å². The lowest BCUT2D eigenvalue weighted by molar-refractivity contribution is -0.130. The monoisotopic (exact) mass is 409 g/mol. The molecule has 4 rings (SSSR count). The average Bonchev–Trinajstić information content (AvgIpc) is 3.36. The molecule has 1 aliphatic rings. The number of nitrogens with zero attached hydrogens (tertiary/aromatic N) is 3. The molecule has 1 unspecified atom stereocenters. The van der Waals surface area contributed by atoms with E-state index in [0.717, 1.165) is 29.7 Å². The lowest BCUT2D eigenvalue weighted by Gasteiger charge is -2.22. The number of halogens is 1. The highest BCUT2D eigenvalue weighted by atomic mass is 19.1. The molecule has 0 bridgehead atoms. The Bertz CT molecular complexity index is 1000. The van der Waals surface area contributed by atoms with Crippen molar-refractivity contribution in [3.05, 3.63) is 65.8 Å². The van der Waals surface area contributed by atoms with Crippen LogP contribution < -0.4 is 4.74 Å². The lowest BCUT2D eigenvalue weighted by Crippen LogP contribution is -2.27. The number of ether oxygens (including phenoxy) is 1. The van der Waals surface area contributed by atoms with E-state index in [1.807, 2.05) is 24.3 Å². The van der Waals surface area contributed by atoms with Crippen LogP contribution in [0.2, 0.25) is 0 Å². The minimum atomic E-state index is -0.321. The molecular formula is C23H24FN3O3. The minimum Gasteiger partial charge on any atom is -0.494 e. The van der Waals surface area contributed by atoms with Gasteiger partial charge in [-0.2, -0.15) is 4.98 Å². The standard InChI is InChI=1S/C23H24FN3O3/c1-2-3-13-29-19-9-7-17(8-10-19)22-25-23(30-26-22)20-11-12-21(28)27(20)15-16-5-4-6-18(24)14-16/h4-10,14,20H,2-3,11-13,15H2,1H3. The van der Waals surface area contributed by atoms with Gasteiger partial charge in [-0.25, -0.2) is 4.39 Å². The smallest absolute Gasteiger partial charge is 0.249 e. The van der Waals surface area contributed by atoms with E-state index in [0.29, 0.717) is 37.7 Å². The third-order valence-electron chi connectivity index (χ3n) is 5.18. The van der Waals surface area contributed by atoms with Crippen LogP contribution in [0.1, 0.15) is 50.1 Å². The fourth-order valence-corrected chi connectivity index (χ4v) is 3.54. The van der Waals surface area contributed by atoms with Gasteiger partial charge in [-0.15, -0.1) is 0 Å². The molecule has 0 aliphatic carbocycles. The van der Waals surface area contributed by atoms with Gasteiger partial charge in [-0.3, -0.25) is 4.79 Å². The number of rotatable bonds is 8. The average molecular weight is 409 g/mol. The number of carbonyl (C=O) groups is 1. The van der Waals surface area contributed by atoms with Crippen molar-refractivity contribution in [1.29, 1.82) is 0 Å². The van der Waals surface area contributed by atoms with E-state index >= 15 is 0 Å². The maximum Gasteiger partial charge on any atom is 0.249 e. The van der Waals surface area contributed by atoms with Gasteiger partial charge in [0.2, 0.25) is 17.6 Å². The van der Waals surface area contributed by atoms with Crippen molar-refractivity contribution < 1.29 is 18.4 Å². The first kappa shape index (κ1) is 20.1. The topological polar surface area (TPSA) is 68.5 Å². The van der Waals surface area contributed by atoms with E-state index in [2.05, 4.69) is 17.1 Å². The quantitative estimate of drug-likeness (QED) is 0.494. The molecule has 7 heteroatoms. The van der Waals surface area contributed by atoms with Gasteiger partial charge in [0, 0.05) is 18.5 Å². The molecule has 0 saturated carbocycles. The summed E-state index contributed by atoms with van der Waals surface area (Å²) in [7, 11) is 0. The van der Waals surface area contributed by atoms with Crippen molar-refractivity contribution in [3.63, 3.8) is 0 Å². The molecule has 1 saturated heterocycles. The number of hydrogen-bond acceptors (Lipinski definition) is 5. The summed E-state index contributed by atoms with van der Waals surface area (Å²) in [5.74, 6) is 1.35. The van der Waals surface area contributed by atoms with Crippen LogP contribution in [0.5, 0.6) is 5.75 Å². The van der Waals surface area contributed by atoms with Gasteiger partial charge >= 0.3 is 0 Å². The first-order valence-electron chi connectivity index (χ1n) is 10.2. The Morgan fingerprint density at radius 3 is 2.83 bits per heavy atom. The van der Waals surface area contributed by atoms with Crippen molar-refractivity contribution in [2.24, 2.45) is 0 Å². The molecule has 6 nitrogen and oxygen atoms in total. The van der Waals surface area contributed by atoms with Gasteiger partial charge in [0.1, 0.15) is 17.6 Å². The molecule has 1 amide bonds. The Hall–Kier alpha value is -3.22. The predicted molar refractivity (Wildman–Crippen MR) is 109 cm³/mol. The normalized spacial score (nSPS) is 16.3. The third-order valence-corrected chi connectivity index (χ3v) is 5.18. The molecule has 1 atom stereocenters. The van der Waals surface area contributed by atoms with Crippen molar-refractivity contribution >= 4 is 5.91 Å². The largest absolute Gasteiger partial charge is 0.494 e. The summed E-state index contributed by atoms with van der Waals surface area (Å²) in [6, 6.07) is 13.5. The van der Waals surface area contributed by atoms with Crippen molar-refractivity contribution in [2.75, 3.05) is 6.61 Å². The van der Waals surface area contributed by atoms with E-state index in [1.165, 1.54) is 12.1 Å². The summed E-state index contributed by atoms with van der Waals surface area (Å²) < 4.78 is 24.7. The second-order valence-electron chi connectivity index (χ2n) is 7.39. The molecule has 1 aliphatic heterocycles. The molecule has 0 spiro atoms. The maximum atomic E-state index is 13.5. The molecular weight excluding hydrogens is 385 g/mol. The molecule has 1 aromatic heterocycles. The van der Waals surface area contributed by atoms with Gasteiger partial charge in [-0.1, -0.05) is 30.6 Å². The van der Waals surface area contributed by atoms with Gasteiger partial charge < -0.3 is 14.2 Å². The SMILES string of the molecule is CCCCOc1ccc(-c2noc(C3CCC(=O)N3Cc3cccc(F)c3)n2)cc1. The zero-order chi connectivity index (χ0) is 20.9. The highest BCUT2D eigenvalue weighted by molar-refractivity contribution is 5.78. The maximum absolute atomic E-state index is 13.5. The zero-order valence-corrected chi connectivity index (χ0v) is 16.9. The number of benzene rings is 2. The second-order valence-corrected chi connectivity index (χ2v) is 7.39. The van der Waals surface area contributed by atoms with Crippen LogP contribution in [0, 0.1) is 5.82 Å². The number of unbranched alkanes of at least 4 members (excludes halogenated alkanes) is 1. The Morgan fingerprint density at radius 2 is 2.07 bits per heavy atom. The fraction of sp³-hybridized carbons (Fsp3) is 0.348. The summed E-state index contributed by atoms with van der Waals surface area (Å²) >= 11 is 0. The van der Waals surface area contributed by atoms with E-state index in [9.17, 15) is 9.18 Å². The molecule has 2 aromatic carbocycles. The molecule has 0 radical (unpaired) electrons. The Morgan fingerprint density at radius 1 is 1.23 bits per heavy atom. The van der Waals surface area contributed by atoms with Gasteiger partial charge in [-0.05, 0) is 54.8 Å². The predicted octanol–water partition coefficient (Wildman–Crippen LogP) is 4.92. The fourth-order valence-electron chi connectivity index (χ4n) is 3.54. The first-order chi connectivity index (χ1) is 14.6. The Kier molecular flexibility index (Phi) is 6.07. The highest BCUT2D eigenvalue weighted by Gasteiger charge is 2.36. The number of amides is 1. The van der Waals surface area contributed by atoms with Crippen LogP contribution in [-0.4, -0.2) is 27.6 Å². The summed E-state index contributed by atoms with van der Waals surface area (Å²) in [6.07, 6.45) is 3.10. The number of likely N-dealkylation sites (tertiary alicyclic amines) is 1. The van der Waals surface area contributed by atoms with Crippen molar-refractivity contribution in [3.8, 4) is 17.1 Å². The summed E-state index contributed by atoms with van der Waals surface area (Å²) in [5, 5.41) is 4.09. The Balaban J connectivity index is 1.47. The van der Waals surface area contributed by atoms with E-state index in [4.69, 9.17) is 9.26 Å². The van der Waals surface area contributed by atoms with E-state index < -0.39 is 0 Å². The summed E-state index contributed by atoms with van der Waals surface area (Å²) in [5.41, 5.74) is 1.54. The molecule has 30 heavy (non-hydrogen) atoms. The van der Waals surface area contributed by atoms with Crippen LogP contribution in [-0.2, 0) is 11.3 Å². The number of carbonyl (C=O) groups excluding carboxylic acids is 1. The van der Waals surface area contributed by atoms with Crippen molar-refractivity contribution in [1.82, 2.24) is 15.0 Å². The van der Waals surface area contributed by atoms with Crippen LogP contribution in [0.4, 0.5) is 4.39 Å².